The average molecular weight is 257 g/mol. The Bertz CT molecular complexity index is 418. The van der Waals surface area contributed by atoms with Gasteiger partial charge in [-0.3, -0.25) is 4.79 Å². The Morgan fingerprint density at radius 1 is 1.53 bits per heavy atom. The van der Waals surface area contributed by atoms with Crippen molar-refractivity contribution in [3.8, 4) is 0 Å². The number of β-lactam (4-membered cyclic amide) rings is 1. The fraction of sp³-hybridized carbons (Fsp3) is 0.636. The minimum absolute atomic E-state index is 0.0200. The molecule has 0 aliphatic carbocycles. The molecule has 2 heterocycles. The van der Waals surface area contributed by atoms with Crippen LogP contribution < -0.4 is 0 Å². The number of rotatable bonds is 3. The van der Waals surface area contributed by atoms with Crippen LogP contribution in [0, 0.1) is 11.8 Å². The van der Waals surface area contributed by atoms with Crippen LogP contribution in [-0.4, -0.2) is 45.4 Å². The topological polar surface area (TPSA) is 77.8 Å². The second-order valence-corrected chi connectivity index (χ2v) is 5.32. The zero-order valence-electron chi connectivity index (χ0n) is 9.88. The van der Waals surface area contributed by atoms with Gasteiger partial charge in [0.15, 0.2) is 0 Å². The first-order chi connectivity index (χ1) is 7.91. The van der Waals surface area contributed by atoms with Gasteiger partial charge < -0.3 is 15.1 Å². The summed E-state index contributed by atoms with van der Waals surface area (Å²) in [6.07, 6.45) is 1.07. The Labute approximate surface area is 103 Å². The maximum Gasteiger partial charge on any atom is 0.353 e. The van der Waals surface area contributed by atoms with E-state index in [1.807, 2.05) is 13.2 Å². The van der Waals surface area contributed by atoms with E-state index in [0.29, 0.717) is 0 Å². The fourth-order valence-corrected chi connectivity index (χ4v) is 3.69. The van der Waals surface area contributed by atoms with Crippen molar-refractivity contribution in [1.29, 1.82) is 0 Å². The number of aliphatic hydroxyl groups is 1. The first-order valence-corrected chi connectivity index (χ1v) is 6.66. The summed E-state index contributed by atoms with van der Waals surface area (Å²) >= 11 is 1.36. The van der Waals surface area contributed by atoms with E-state index in [1.165, 1.54) is 16.7 Å². The molecule has 2 rings (SSSR count). The SMILES string of the molecule is CSC1=C(C(=O)O)N2C(=O)C(C(C)O)C2C1C. The van der Waals surface area contributed by atoms with Crippen molar-refractivity contribution in [3.63, 3.8) is 0 Å². The lowest BCUT2D eigenvalue weighted by Gasteiger charge is -2.46. The predicted octanol–water partition coefficient (Wildman–Crippen LogP) is 0.503. The third-order valence-electron chi connectivity index (χ3n) is 3.53. The number of carbonyl (C=O) groups is 2. The molecule has 0 bridgehead atoms. The largest absolute Gasteiger partial charge is 0.477 e. The van der Waals surface area contributed by atoms with Crippen LogP contribution in [0.1, 0.15) is 13.8 Å². The molecule has 6 heteroatoms. The van der Waals surface area contributed by atoms with E-state index in [1.54, 1.807) is 6.92 Å². The molecule has 94 valence electrons. The number of carboxylic acids is 1. The lowest BCUT2D eigenvalue weighted by molar-refractivity contribution is -0.163. The highest BCUT2D eigenvalue weighted by Gasteiger charge is 2.59. The number of hydrogen-bond donors (Lipinski definition) is 2. The number of aliphatic hydroxyl groups excluding tert-OH is 1. The van der Waals surface area contributed by atoms with Crippen molar-refractivity contribution in [1.82, 2.24) is 4.90 Å². The smallest absolute Gasteiger partial charge is 0.353 e. The van der Waals surface area contributed by atoms with Crippen molar-refractivity contribution < 1.29 is 19.8 Å². The number of carboxylic acid groups (broad SMARTS) is 1. The summed E-state index contributed by atoms with van der Waals surface area (Å²) in [5.41, 5.74) is 0.0944. The predicted molar refractivity (Wildman–Crippen MR) is 63.1 cm³/mol. The molecular formula is C11H15NO4S. The first kappa shape index (κ1) is 12.4. The van der Waals surface area contributed by atoms with Gasteiger partial charge in [0.1, 0.15) is 5.70 Å². The van der Waals surface area contributed by atoms with Crippen LogP contribution in [0.5, 0.6) is 0 Å². The minimum Gasteiger partial charge on any atom is -0.477 e. The molecule has 2 N–H and O–H groups in total. The van der Waals surface area contributed by atoms with E-state index in [2.05, 4.69) is 0 Å². The van der Waals surface area contributed by atoms with Crippen LogP contribution in [0.2, 0.25) is 0 Å². The van der Waals surface area contributed by atoms with Crippen LogP contribution in [-0.2, 0) is 9.59 Å². The van der Waals surface area contributed by atoms with Gasteiger partial charge in [-0.05, 0) is 13.2 Å². The minimum atomic E-state index is -1.07. The monoisotopic (exact) mass is 257 g/mol. The van der Waals surface area contributed by atoms with Gasteiger partial charge in [-0.25, -0.2) is 4.79 Å². The maximum absolute atomic E-state index is 11.9. The average Bonchev–Trinajstić information content (AvgIpc) is 2.47. The summed E-state index contributed by atoms with van der Waals surface area (Å²) in [4.78, 5) is 25.1. The van der Waals surface area contributed by atoms with Crippen molar-refractivity contribution in [2.75, 3.05) is 6.26 Å². The Morgan fingerprint density at radius 2 is 2.12 bits per heavy atom. The zero-order chi connectivity index (χ0) is 12.9. The summed E-state index contributed by atoms with van der Waals surface area (Å²) in [5.74, 6) is -1.84. The standard InChI is InChI=1S/C11H15NO4S/c1-4-7-6(5(2)13)10(14)12(7)8(11(15)16)9(4)17-3/h4-7,13H,1-3H3,(H,15,16). The molecule has 2 aliphatic rings. The van der Waals surface area contributed by atoms with Gasteiger partial charge in [-0.15, -0.1) is 11.8 Å². The highest BCUT2D eigenvalue weighted by Crippen LogP contribution is 2.49. The van der Waals surface area contributed by atoms with Gasteiger partial charge in [0.05, 0.1) is 18.1 Å². The van der Waals surface area contributed by atoms with Gasteiger partial charge in [0.2, 0.25) is 5.91 Å². The van der Waals surface area contributed by atoms with E-state index in [4.69, 9.17) is 5.11 Å². The van der Waals surface area contributed by atoms with Crippen LogP contribution in [0.15, 0.2) is 10.6 Å². The normalized spacial score (nSPS) is 33.5. The van der Waals surface area contributed by atoms with E-state index in [-0.39, 0.29) is 23.6 Å². The summed E-state index contributed by atoms with van der Waals surface area (Å²) in [6.45, 7) is 3.48. The number of fused-ring (bicyclic) bond motifs is 1. The molecule has 0 spiro atoms. The molecular weight excluding hydrogens is 242 g/mol. The number of nitrogens with zero attached hydrogens (tertiary/aromatic N) is 1. The van der Waals surface area contributed by atoms with E-state index in [0.717, 1.165) is 4.91 Å². The second kappa shape index (κ2) is 4.03. The van der Waals surface area contributed by atoms with E-state index < -0.39 is 18.0 Å². The second-order valence-electron chi connectivity index (χ2n) is 4.48. The zero-order valence-corrected chi connectivity index (χ0v) is 10.7. The molecule has 4 atom stereocenters. The number of amides is 1. The van der Waals surface area contributed by atoms with Crippen LogP contribution in [0.3, 0.4) is 0 Å². The fourth-order valence-electron chi connectivity index (χ4n) is 2.80. The number of thioether (sulfide) groups is 1. The summed E-state index contributed by atoms with van der Waals surface area (Å²) in [5, 5.41) is 18.7. The lowest BCUT2D eigenvalue weighted by Crippen LogP contribution is -2.63. The molecule has 1 fully saturated rings. The molecule has 17 heavy (non-hydrogen) atoms. The Morgan fingerprint density at radius 3 is 2.53 bits per heavy atom. The van der Waals surface area contributed by atoms with Crippen LogP contribution >= 0.6 is 11.8 Å². The van der Waals surface area contributed by atoms with Crippen LogP contribution in [0.4, 0.5) is 0 Å². The van der Waals surface area contributed by atoms with Crippen molar-refractivity contribution in [2.45, 2.75) is 26.0 Å². The maximum atomic E-state index is 11.9. The summed E-state index contributed by atoms with van der Waals surface area (Å²) < 4.78 is 0. The van der Waals surface area contributed by atoms with Gasteiger partial charge in [0.25, 0.3) is 0 Å². The molecule has 5 nitrogen and oxygen atoms in total. The summed E-state index contributed by atoms with van der Waals surface area (Å²) in [7, 11) is 0. The highest BCUT2D eigenvalue weighted by molar-refractivity contribution is 8.02. The lowest BCUT2D eigenvalue weighted by atomic mass is 9.79. The van der Waals surface area contributed by atoms with Crippen LogP contribution in [0.25, 0.3) is 0 Å². The van der Waals surface area contributed by atoms with Gasteiger partial charge in [-0.1, -0.05) is 6.92 Å². The molecule has 4 unspecified atom stereocenters. The molecule has 0 aromatic heterocycles. The Hall–Kier alpha value is -1.01. The molecule has 0 aromatic rings. The van der Waals surface area contributed by atoms with Crippen molar-refractivity contribution >= 4 is 23.6 Å². The summed E-state index contributed by atoms with van der Waals surface area (Å²) in [6, 6.07) is -0.198. The molecule has 0 radical (unpaired) electrons. The third-order valence-corrected chi connectivity index (χ3v) is 4.54. The Balaban J connectivity index is 2.39. The quantitative estimate of drug-likeness (QED) is 0.720. The number of aliphatic carboxylic acids is 1. The molecule has 1 amide bonds. The van der Waals surface area contributed by atoms with E-state index >= 15 is 0 Å². The molecule has 0 aromatic carbocycles. The van der Waals surface area contributed by atoms with Gasteiger partial charge in [0, 0.05) is 10.8 Å². The number of carbonyl (C=O) groups excluding carboxylic acids is 1. The van der Waals surface area contributed by atoms with E-state index in [9.17, 15) is 14.7 Å². The highest BCUT2D eigenvalue weighted by atomic mass is 32.2. The Kier molecular flexibility index (Phi) is 2.95. The van der Waals surface area contributed by atoms with Crippen molar-refractivity contribution in [2.24, 2.45) is 11.8 Å². The molecule has 1 saturated heterocycles. The molecule has 0 saturated carbocycles. The first-order valence-electron chi connectivity index (χ1n) is 5.44. The molecule has 2 aliphatic heterocycles. The van der Waals surface area contributed by atoms with Crippen molar-refractivity contribution in [3.05, 3.63) is 10.6 Å². The van der Waals surface area contributed by atoms with Gasteiger partial charge >= 0.3 is 5.97 Å². The number of hydrogen-bond acceptors (Lipinski definition) is 4. The third kappa shape index (κ3) is 1.51. The van der Waals surface area contributed by atoms with Gasteiger partial charge in [-0.2, -0.15) is 0 Å².